The highest BCUT2D eigenvalue weighted by Crippen LogP contribution is 2.23. The van der Waals surface area contributed by atoms with Gasteiger partial charge in [-0.2, -0.15) is 18.4 Å². The summed E-state index contributed by atoms with van der Waals surface area (Å²) in [6, 6.07) is 18.8. The van der Waals surface area contributed by atoms with Crippen LogP contribution in [0.1, 0.15) is 29.5 Å². The molecule has 2 aromatic carbocycles. The monoisotopic (exact) mass is 429 g/mol. The Morgan fingerprint density at radius 3 is 2.45 bits per heavy atom. The van der Waals surface area contributed by atoms with Crippen molar-refractivity contribution in [2.45, 2.75) is 32.0 Å². The van der Waals surface area contributed by atoms with Crippen molar-refractivity contribution < 1.29 is 18.0 Å². The minimum Gasteiger partial charge on any atom is -0.333 e. The van der Waals surface area contributed by atoms with Gasteiger partial charge < -0.3 is 4.90 Å². The van der Waals surface area contributed by atoms with Gasteiger partial charge in [-0.25, -0.2) is 0 Å². The summed E-state index contributed by atoms with van der Waals surface area (Å²) in [5.74, 6) is -0.451. The number of amides is 1. The molecule has 1 unspecified atom stereocenters. The molecule has 4 nitrogen and oxygen atoms in total. The van der Waals surface area contributed by atoms with Crippen molar-refractivity contribution >= 4 is 5.91 Å². The molecule has 1 aliphatic heterocycles. The van der Waals surface area contributed by atoms with Crippen LogP contribution in [0.5, 0.6) is 0 Å². The predicted octanol–water partition coefficient (Wildman–Crippen LogP) is 4.40. The lowest BCUT2D eigenvalue weighted by Crippen LogP contribution is -2.42. The molecule has 0 spiro atoms. The van der Waals surface area contributed by atoms with Crippen LogP contribution in [-0.2, 0) is 17.8 Å². The molecular formula is C24H26F3N3O. The molecular weight excluding hydrogens is 403 g/mol. The van der Waals surface area contributed by atoms with Crippen LogP contribution in [0.15, 0.2) is 54.6 Å². The molecule has 7 heteroatoms. The van der Waals surface area contributed by atoms with Crippen LogP contribution in [0.2, 0.25) is 0 Å². The normalized spacial score (nSPS) is 16.8. The van der Waals surface area contributed by atoms with Crippen LogP contribution >= 0.6 is 0 Å². The topological polar surface area (TPSA) is 47.3 Å². The van der Waals surface area contributed by atoms with Crippen molar-refractivity contribution in [3.05, 3.63) is 71.3 Å². The third kappa shape index (κ3) is 7.41. The third-order valence-corrected chi connectivity index (χ3v) is 5.53. The Morgan fingerprint density at radius 2 is 1.81 bits per heavy atom. The van der Waals surface area contributed by atoms with Gasteiger partial charge in [0.05, 0.1) is 11.6 Å². The molecule has 0 aromatic heterocycles. The quantitative estimate of drug-likeness (QED) is 0.625. The molecule has 1 aliphatic rings. The molecule has 1 amide bonds. The largest absolute Gasteiger partial charge is 0.406 e. The lowest BCUT2D eigenvalue weighted by molar-refractivity contribution is -0.162. The van der Waals surface area contributed by atoms with Crippen molar-refractivity contribution in [2.75, 3.05) is 26.2 Å². The maximum atomic E-state index is 13.1. The number of hydrogen-bond acceptors (Lipinski definition) is 3. The molecule has 0 N–H and O–H groups in total. The van der Waals surface area contributed by atoms with Gasteiger partial charge in [0.25, 0.3) is 0 Å². The number of nitriles is 1. The summed E-state index contributed by atoms with van der Waals surface area (Å²) in [5, 5.41) is 8.84. The number of halogens is 3. The average Bonchev–Trinajstić information content (AvgIpc) is 3.18. The third-order valence-electron chi connectivity index (χ3n) is 5.53. The minimum absolute atomic E-state index is 0.0163. The van der Waals surface area contributed by atoms with Crippen molar-refractivity contribution in [1.29, 1.82) is 5.26 Å². The summed E-state index contributed by atoms with van der Waals surface area (Å²) in [6.07, 6.45) is -3.28. The van der Waals surface area contributed by atoms with Crippen molar-refractivity contribution in [3.63, 3.8) is 0 Å². The van der Waals surface area contributed by atoms with Gasteiger partial charge in [0, 0.05) is 26.1 Å². The van der Waals surface area contributed by atoms with E-state index in [-0.39, 0.29) is 18.9 Å². The molecule has 0 radical (unpaired) electrons. The molecule has 3 rings (SSSR count). The number of hydrogen-bond donors (Lipinski definition) is 0. The number of likely N-dealkylation sites (tertiary alicyclic amines) is 1. The molecule has 1 atom stereocenters. The summed E-state index contributed by atoms with van der Waals surface area (Å²) in [5.41, 5.74) is 2.51. The molecule has 2 aromatic rings. The Balaban J connectivity index is 1.55. The number of rotatable bonds is 8. The van der Waals surface area contributed by atoms with E-state index in [0.717, 1.165) is 30.0 Å². The van der Waals surface area contributed by atoms with Gasteiger partial charge in [-0.05, 0) is 48.6 Å². The predicted molar refractivity (Wildman–Crippen MR) is 112 cm³/mol. The summed E-state index contributed by atoms with van der Waals surface area (Å²) < 4.78 is 39.3. The van der Waals surface area contributed by atoms with Gasteiger partial charge in [0.15, 0.2) is 0 Å². The van der Waals surface area contributed by atoms with Crippen molar-refractivity contribution in [2.24, 2.45) is 5.92 Å². The van der Waals surface area contributed by atoms with Crippen LogP contribution in [0.4, 0.5) is 13.2 Å². The van der Waals surface area contributed by atoms with Crippen LogP contribution in [0.3, 0.4) is 0 Å². The first kappa shape index (κ1) is 22.8. The molecule has 1 saturated heterocycles. The van der Waals surface area contributed by atoms with Crippen molar-refractivity contribution in [3.8, 4) is 6.07 Å². The van der Waals surface area contributed by atoms with E-state index in [1.165, 1.54) is 5.56 Å². The van der Waals surface area contributed by atoms with E-state index in [2.05, 4.69) is 4.90 Å². The summed E-state index contributed by atoms with van der Waals surface area (Å²) >= 11 is 0. The van der Waals surface area contributed by atoms with Crippen LogP contribution in [-0.4, -0.2) is 48.1 Å². The van der Waals surface area contributed by atoms with E-state index in [9.17, 15) is 18.0 Å². The molecule has 0 bridgehead atoms. The number of benzene rings is 2. The van der Waals surface area contributed by atoms with Gasteiger partial charge >= 0.3 is 6.18 Å². The van der Waals surface area contributed by atoms with Gasteiger partial charge in [-0.3, -0.25) is 9.69 Å². The Morgan fingerprint density at radius 1 is 1.10 bits per heavy atom. The molecule has 1 fully saturated rings. The first-order valence-corrected chi connectivity index (χ1v) is 10.4. The van der Waals surface area contributed by atoms with Gasteiger partial charge in [0.1, 0.15) is 6.54 Å². The van der Waals surface area contributed by atoms with Crippen LogP contribution in [0, 0.1) is 17.2 Å². The molecule has 31 heavy (non-hydrogen) atoms. The zero-order valence-corrected chi connectivity index (χ0v) is 17.3. The standard InChI is InChI=1S/C24H26F3N3O/c25-24(26,27)18-30(23(31)11-10-19-6-8-20(14-28)9-7-19)17-22-12-13-29(16-22)15-21-4-2-1-3-5-21/h1-9,22H,10-13,15-18H2. The molecule has 1 heterocycles. The highest BCUT2D eigenvalue weighted by molar-refractivity contribution is 5.76. The van der Waals surface area contributed by atoms with Gasteiger partial charge in [0.2, 0.25) is 5.91 Å². The Kier molecular flexibility index (Phi) is 7.69. The molecule has 0 aliphatic carbocycles. The van der Waals surface area contributed by atoms with Crippen molar-refractivity contribution in [1.82, 2.24) is 9.80 Å². The Bertz CT molecular complexity index is 891. The first-order chi connectivity index (χ1) is 14.8. The fourth-order valence-electron chi connectivity index (χ4n) is 3.99. The van der Waals surface area contributed by atoms with Crippen LogP contribution in [0.25, 0.3) is 0 Å². The molecule has 164 valence electrons. The van der Waals surface area contributed by atoms with E-state index in [1.54, 1.807) is 24.3 Å². The number of nitrogens with zero attached hydrogens (tertiary/aromatic N) is 3. The highest BCUT2D eigenvalue weighted by atomic mass is 19.4. The maximum absolute atomic E-state index is 13.1. The van der Waals surface area contributed by atoms with E-state index in [4.69, 9.17) is 5.26 Å². The fraction of sp³-hybridized carbons (Fsp3) is 0.417. The number of alkyl halides is 3. The Labute approximate surface area is 180 Å². The molecule has 0 saturated carbocycles. The lowest BCUT2D eigenvalue weighted by atomic mass is 10.1. The number of carbonyl (C=O) groups excluding carboxylic acids is 1. The maximum Gasteiger partial charge on any atom is 0.406 e. The zero-order valence-electron chi connectivity index (χ0n) is 17.3. The second-order valence-corrected chi connectivity index (χ2v) is 8.07. The van der Waals surface area contributed by atoms with Crippen LogP contribution < -0.4 is 0 Å². The average molecular weight is 429 g/mol. The fourth-order valence-corrected chi connectivity index (χ4v) is 3.99. The Hall–Kier alpha value is -2.85. The first-order valence-electron chi connectivity index (χ1n) is 10.4. The second kappa shape index (κ2) is 10.5. The van der Waals surface area contributed by atoms with Gasteiger partial charge in [-0.1, -0.05) is 42.5 Å². The second-order valence-electron chi connectivity index (χ2n) is 8.07. The van der Waals surface area contributed by atoms with E-state index < -0.39 is 18.6 Å². The number of aryl methyl sites for hydroxylation is 1. The number of carbonyl (C=O) groups is 1. The SMILES string of the molecule is N#Cc1ccc(CCC(=O)N(CC2CCN(Cc3ccccc3)C2)CC(F)(F)F)cc1. The smallest absolute Gasteiger partial charge is 0.333 e. The van der Waals surface area contributed by atoms with E-state index in [1.807, 2.05) is 36.4 Å². The zero-order chi connectivity index (χ0) is 22.3. The van der Waals surface area contributed by atoms with Gasteiger partial charge in [-0.15, -0.1) is 0 Å². The minimum atomic E-state index is -4.42. The van der Waals surface area contributed by atoms with E-state index in [0.29, 0.717) is 18.5 Å². The summed E-state index contributed by atoms with van der Waals surface area (Å²) in [6.45, 7) is 1.18. The van der Waals surface area contributed by atoms with E-state index >= 15 is 0 Å². The lowest BCUT2D eigenvalue weighted by Gasteiger charge is -2.27. The summed E-state index contributed by atoms with van der Waals surface area (Å²) in [4.78, 5) is 15.8. The highest BCUT2D eigenvalue weighted by Gasteiger charge is 2.35. The summed E-state index contributed by atoms with van der Waals surface area (Å²) in [7, 11) is 0.